The highest BCUT2D eigenvalue weighted by atomic mass is 79.9. The smallest absolute Gasteiger partial charge is 0.338 e. The number of halogens is 2. The molecule has 42 heavy (non-hydrogen) atoms. The maximum atomic E-state index is 13.9. The number of allylic oxidation sites excluding steroid dienone is 1. The molecule has 216 valence electrons. The van der Waals surface area contributed by atoms with Crippen LogP contribution in [0.5, 0.6) is 5.75 Å². The van der Waals surface area contributed by atoms with Gasteiger partial charge in [0, 0.05) is 27.7 Å². The van der Waals surface area contributed by atoms with E-state index in [9.17, 15) is 24.1 Å². The van der Waals surface area contributed by atoms with Gasteiger partial charge < -0.3 is 13.9 Å². The molecule has 1 aliphatic heterocycles. The Morgan fingerprint density at radius 2 is 2.00 bits per heavy atom. The lowest BCUT2D eigenvalue weighted by Crippen LogP contribution is -2.40. The molecular weight excluding hydrogens is 633 g/mol. The van der Waals surface area contributed by atoms with E-state index in [-0.39, 0.29) is 21.6 Å². The van der Waals surface area contributed by atoms with Gasteiger partial charge >= 0.3 is 11.7 Å². The largest absolute Gasteiger partial charge is 0.496 e. The van der Waals surface area contributed by atoms with E-state index in [0.717, 1.165) is 27.9 Å². The number of fused-ring (bicyclic) bond motifs is 1. The van der Waals surface area contributed by atoms with Gasteiger partial charge in [0.2, 0.25) is 5.82 Å². The number of nitro groups is 1. The van der Waals surface area contributed by atoms with Crippen LogP contribution in [0, 0.1) is 15.9 Å². The highest BCUT2D eigenvalue weighted by Crippen LogP contribution is 2.37. The number of nitrogens with zero attached hydrogens (tertiary/aromatic N) is 3. The lowest BCUT2D eigenvalue weighted by Gasteiger charge is -2.26. The van der Waals surface area contributed by atoms with E-state index >= 15 is 0 Å². The number of methoxy groups -OCH3 is 1. The summed E-state index contributed by atoms with van der Waals surface area (Å²) in [5.74, 6) is -0.555. The topological polar surface area (TPSA) is 126 Å². The minimum atomic E-state index is -0.958. The Morgan fingerprint density at radius 3 is 2.69 bits per heavy atom. The Hall–Kier alpha value is -4.36. The monoisotopic (exact) mass is 655 g/mol. The van der Waals surface area contributed by atoms with Crippen molar-refractivity contribution in [1.29, 1.82) is 0 Å². The Balaban J connectivity index is 1.65. The summed E-state index contributed by atoms with van der Waals surface area (Å²) in [4.78, 5) is 42.5. The van der Waals surface area contributed by atoms with E-state index in [2.05, 4.69) is 20.9 Å². The first kappa shape index (κ1) is 29.1. The first-order valence-corrected chi connectivity index (χ1v) is 14.2. The zero-order chi connectivity index (χ0) is 30.3. The molecule has 2 aromatic heterocycles. The maximum absolute atomic E-state index is 13.9. The van der Waals surface area contributed by atoms with E-state index in [0.29, 0.717) is 27.4 Å². The Kier molecular flexibility index (Phi) is 7.97. The summed E-state index contributed by atoms with van der Waals surface area (Å²) in [6.45, 7) is 5.16. The molecule has 5 rings (SSSR count). The summed E-state index contributed by atoms with van der Waals surface area (Å²) >= 11 is 4.59. The number of aromatic nitrogens is 1. The van der Waals surface area contributed by atoms with Crippen LogP contribution in [0.4, 0.5) is 10.1 Å². The van der Waals surface area contributed by atoms with Crippen molar-refractivity contribution < 1.29 is 28.0 Å². The van der Waals surface area contributed by atoms with Crippen LogP contribution in [0.25, 0.3) is 17.4 Å². The summed E-state index contributed by atoms with van der Waals surface area (Å²) in [5.41, 5.74) is 0.362. The number of carbonyl (C=O) groups is 1. The van der Waals surface area contributed by atoms with Crippen molar-refractivity contribution in [2.45, 2.75) is 32.9 Å². The predicted molar refractivity (Wildman–Crippen MR) is 156 cm³/mol. The molecule has 0 saturated heterocycles. The number of nitro benzene ring substituents is 1. The summed E-state index contributed by atoms with van der Waals surface area (Å²) in [7, 11) is 1.50. The minimum Gasteiger partial charge on any atom is -0.496 e. The molecule has 1 atom stereocenters. The van der Waals surface area contributed by atoms with Gasteiger partial charge in [-0.25, -0.2) is 9.79 Å². The number of hydrogen-bond acceptors (Lipinski definition) is 9. The molecule has 0 saturated carbocycles. The van der Waals surface area contributed by atoms with E-state index in [1.165, 1.54) is 23.8 Å². The Morgan fingerprint density at radius 1 is 1.24 bits per heavy atom. The van der Waals surface area contributed by atoms with Crippen molar-refractivity contribution in [1.82, 2.24) is 4.57 Å². The first-order chi connectivity index (χ1) is 20.0. The van der Waals surface area contributed by atoms with Gasteiger partial charge in [0.05, 0.1) is 33.9 Å². The number of esters is 1. The second-order valence-corrected chi connectivity index (χ2v) is 11.5. The average molecular weight is 656 g/mol. The van der Waals surface area contributed by atoms with Crippen molar-refractivity contribution >= 4 is 45.0 Å². The van der Waals surface area contributed by atoms with Gasteiger partial charge in [0.25, 0.3) is 5.56 Å². The predicted octanol–water partition coefficient (Wildman–Crippen LogP) is 5.27. The van der Waals surface area contributed by atoms with E-state index in [1.54, 1.807) is 51.1 Å². The Bertz CT molecular complexity index is 1960. The zero-order valence-corrected chi connectivity index (χ0v) is 25.1. The molecule has 10 nitrogen and oxygen atoms in total. The number of thiazole rings is 1. The lowest BCUT2D eigenvalue weighted by atomic mass is 9.95. The second-order valence-electron chi connectivity index (χ2n) is 9.55. The van der Waals surface area contributed by atoms with Crippen LogP contribution in [0.2, 0.25) is 0 Å². The fourth-order valence-electron chi connectivity index (χ4n) is 4.59. The van der Waals surface area contributed by atoms with Crippen molar-refractivity contribution in [3.8, 4) is 17.1 Å². The first-order valence-electron chi connectivity index (χ1n) is 12.6. The number of ether oxygens (including phenoxy) is 2. The summed E-state index contributed by atoms with van der Waals surface area (Å²) in [5, 5.41) is 11.2. The quantitative estimate of drug-likeness (QED) is 0.151. The van der Waals surface area contributed by atoms with E-state index in [4.69, 9.17) is 13.9 Å². The SMILES string of the molecule is COc1ccc(Br)cc1[C@H]1C(C(=O)OC(C)C)=C(C)N=c2s/c(=C\c3ccc(-c4ccc(F)c([N+](=O)[O-])c4)o3)c(=O)n21. The summed E-state index contributed by atoms with van der Waals surface area (Å²) < 4.78 is 33.2. The van der Waals surface area contributed by atoms with Gasteiger partial charge in [0.15, 0.2) is 4.80 Å². The normalized spacial score (nSPS) is 15.0. The van der Waals surface area contributed by atoms with Gasteiger partial charge in [-0.2, -0.15) is 4.39 Å². The molecular formula is C29H23BrFN3O7S. The van der Waals surface area contributed by atoms with Crippen LogP contribution in [-0.4, -0.2) is 28.7 Å². The van der Waals surface area contributed by atoms with Crippen LogP contribution >= 0.6 is 27.3 Å². The fraction of sp³-hybridized carbons (Fsp3) is 0.207. The van der Waals surface area contributed by atoms with Crippen LogP contribution in [-0.2, 0) is 9.53 Å². The molecule has 0 unspecified atom stereocenters. The highest BCUT2D eigenvalue weighted by Gasteiger charge is 2.35. The van der Waals surface area contributed by atoms with Gasteiger partial charge in [0.1, 0.15) is 23.3 Å². The lowest BCUT2D eigenvalue weighted by molar-refractivity contribution is -0.387. The highest BCUT2D eigenvalue weighted by molar-refractivity contribution is 9.10. The molecule has 0 radical (unpaired) electrons. The van der Waals surface area contributed by atoms with Crippen LogP contribution in [0.3, 0.4) is 0 Å². The molecule has 2 aromatic carbocycles. The molecule has 0 bridgehead atoms. The van der Waals surface area contributed by atoms with Crippen molar-refractivity contribution in [2.75, 3.05) is 7.11 Å². The molecule has 0 fully saturated rings. The second kappa shape index (κ2) is 11.5. The standard InChI is InChI=1S/C29H23BrFN3O7S/c1-14(2)40-28(36)25-15(3)32-29-33(26(25)19-12-17(30)6-9-23(19)39-4)27(35)24(42-29)13-18-7-10-22(41-18)16-5-8-20(31)21(11-16)34(37)38/h5-14,26H,1-4H3/b24-13-/t26-/m0/s1. The number of furan rings is 1. The molecule has 0 spiro atoms. The van der Waals surface area contributed by atoms with Gasteiger partial charge in [-0.1, -0.05) is 27.3 Å². The molecule has 13 heteroatoms. The summed E-state index contributed by atoms with van der Waals surface area (Å²) in [6, 6.07) is 11.0. The molecule has 0 N–H and O–H groups in total. The van der Waals surface area contributed by atoms with Crippen molar-refractivity contribution in [3.05, 3.63) is 111 Å². The van der Waals surface area contributed by atoms with Crippen molar-refractivity contribution in [3.63, 3.8) is 0 Å². The van der Waals surface area contributed by atoms with Crippen LogP contribution in [0.15, 0.2) is 78.5 Å². The van der Waals surface area contributed by atoms with Crippen LogP contribution in [0.1, 0.15) is 38.1 Å². The third-order valence-corrected chi connectivity index (χ3v) is 7.87. The molecule has 0 aliphatic carbocycles. The number of benzene rings is 2. The van der Waals surface area contributed by atoms with Crippen molar-refractivity contribution in [2.24, 2.45) is 4.99 Å². The van der Waals surface area contributed by atoms with Gasteiger partial charge in [-0.15, -0.1) is 0 Å². The third kappa shape index (κ3) is 5.44. The number of hydrogen-bond donors (Lipinski definition) is 0. The molecule has 0 amide bonds. The maximum Gasteiger partial charge on any atom is 0.338 e. The molecule has 3 heterocycles. The van der Waals surface area contributed by atoms with Gasteiger partial charge in [-0.05, 0) is 63.2 Å². The molecule has 4 aromatic rings. The Labute approximate surface area is 250 Å². The number of carbonyl (C=O) groups excluding carboxylic acids is 1. The van der Waals surface area contributed by atoms with E-state index < -0.39 is 40.1 Å². The third-order valence-electron chi connectivity index (χ3n) is 6.40. The zero-order valence-electron chi connectivity index (χ0n) is 22.7. The molecule has 1 aliphatic rings. The number of rotatable bonds is 7. The van der Waals surface area contributed by atoms with E-state index in [1.807, 2.05) is 0 Å². The summed E-state index contributed by atoms with van der Waals surface area (Å²) in [6.07, 6.45) is 1.12. The van der Waals surface area contributed by atoms with Gasteiger partial charge in [-0.3, -0.25) is 19.5 Å². The van der Waals surface area contributed by atoms with Crippen LogP contribution < -0.4 is 19.6 Å². The average Bonchev–Trinajstić information content (AvgIpc) is 3.51. The fourth-order valence-corrected chi connectivity index (χ4v) is 6.00. The minimum absolute atomic E-state index is 0.206.